The summed E-state index contributed by atoms with van der Waals surface area (Å²) in [5, 5.41) is 73.8. The summed E-state index contributed by atoms with van der Waals surface area (Å²) in [6.45, 7) is 7.98. The maximum absolute atomic E-state index is 13.6. The Kier molecular flexibility index (Phi) is 24.1. The number of phenols is 4. The maximum atomic E-state index is 13.6. The van der Waals surface area contributed by atoms with Crippen LogP contribution in [0.4, 0.5) is 0 Å². The van der Waals surface area contributed by atoms with Crippen LogP contribution < -0.4 is 19.9 Å². The molecule has 9 N–H and O–H groups in total. The van der Waals surface area contributed by atoms with E-state index in [2.05, 4.69) is 109 Å². The number of ketones is 3. The molecule has 0 spiro atoms. The predicted molar refractivity (Wildman–Crippen MR) is 374 cm³/mol. The Balaban J connectivity index is 0.000000174. The molecule has 6 atom stereocenters. The third-order valence-electron chi connectivity index (χ3n) is 17.5. The standard InChI is InChI=1S/C27H29NO11.2C26H29NO2/c1-10-22(31)13(28)6-17(38-10)39-15-8-27(36,16(30)9-29)7-12-19(15)26(35)21-20(24(12)33)23(32)11-4-3-5-14(37-2)18(11)25(21)34;2*1-4-25(20-9-6-5-7-10-20)26(22-11-8-12-23(28)19-22)21-13-15-24(16-14-21)29-18-17-27(2)3/h3-5,10,13,15,17,22,29,31,33,35-36H,6-9,28H2,1-2H3;2*5-16,19,28H,4,17-18H2,1-3H3/b;2*26-25+/t10-,13-,15-,17-,22+,27-;;/m0../s1. The van der Waals surface area contributed by atoms with E-state index in [1.165, 1.54) is 47.6 Å². The fourth-order valence-electron chi connectivity index (χ4n) is 12.6. The van der Waals surface area contributed by atoms with Crippen molar-refractivity contribution >= 4 is 39.6 Å². The molecule has 18 heteroatoms. The zero-order chi connectivity index (χ0) is 69.7. The molecular formula is C79H87N3O15. The summed E-state index contributed by atoms with van der Waals surface area (Å²) in [4.78, 5) is 43.9. The molecule has 97 heavy (non-hydrogen) atoms. The highest BCUT2D eigenvalue weighted by molar-refractivity contribution is 6.31. The minimum absolute atomic E-state index is 0.0173. The zero-order valence-electron chi connectivity index (χ0n) is 56.1. The van der Waals surface area contributed by atoms with Crippen molar-refractivity contribution in [3.8, 4) is 40.2 Å². The van der Waals surface area contributed by atoms with Crippen LogP contribution in [0, 0.1) is 0 Å². The summed E-state index contributed by atoms with van der Waals surface area (Å²) in [6, 6.07) is 55.9. The molecule has 11 rings (SSSR count). The number of hydrogen-bond acceptors (Lipinski definition) is 18. The first-order valence-electron chi connectivity index (χ1n) is 32.5. The van der Waals surface area contributed by atoms with Gasteiger partial charge in [0.05, 0.1) is 42.1 Å². The second-order valence-corrected chi connectivity index (χ2v) is 24.8. The summed E-state index contributed by atoms with van der Waals surface area (Å²) >= 11 is 0. The van der Waals surface area contributed by atoms with Gasteiger partial charge in [-0.15, -0.1) is 0 Å². The van der Waals surface area contributed by atoms with E-state index in [9.17, 15) is 50.1 Å². The Labute approximate surface area is 566 Å². The number of likely N-dealkylation sites (N-methyl/N-ethyl adjacent to an activating group) is 2. The quantitative estimate of drug-likeness (QED) is 0.0245. The number of Topliss-reactive ketones (excluding diaryl/α,β-unsaturated/α-hetero) is 1. The van der Waals surface area contributed by atoms with Crippen molar-refractivity contribution < 1.29 is 73.8 Å². The first kappa shape index (κ1) is 71.8. The smallest absolute Gasteiger partial charge is 0.202 e. The summed E-state index contributed by atoms with van der Waals surface area (Å²) in [7, 11) is 9.47. The molecule has 0 bridgehead atoms. The van der Waals surface area contributed by atoms with Crippen molar-refractivity contribution in [3.05, 3.63) is 243 Å². The van der Waals surface area contributed by atoms with Crippen LogP contribution in [0.15, 0.2) is 176 Å². The minimum Gasteiger partial charge on any atom is -0.508 e. The van der Waals surface area contributed by atoms with Crippen molar-refractivity contribution in [3.63, 3.8) is 0 Å². The fraction of sp³-hybridized carbons (Fsp3) is 0.304. The molecule has 0 saturated carbocycles. The van der Waals surface area contributed by atoms with Gasteiger partial charge < -0.3 is 75.0 Å². The van der Waals surface area contributed by atoms with E-state index >= 15 is 0 Å². The second-order valence-electron chi connectivity index (χ2n) is 24.8. The summed E-state index contributed by atoms with van der Waals surface area (Å²) in [6.07, 6.45) is -3.35. The summed E-state index contributed by atoms with van der Waals surface area (Å²) < 4.78 is 28.7. The molecular weight excluding hydrogens is 1230 g/mol. The SMILES string of the molecule is CC/C(=C(/c1ccc(OCCN(C)C)cc1)c1cccc(O)c1)c1ccccc1.CC/C(=C(/c1ccc(OCCN(C)C)cc1)c1cccc(O)c1)c1ccccc1.COc1cccc2c1C(=O)c1c(O)c3c(c(O)c1C2=O)C[C@@](O)(C(=O)CO)C[C@@H]3O[C@H]1C[C@H](N)[C@H](O)[C@H](C)O1. The first-order valence-corrected chi connectivity index (χ1v) is 32.5. The number of aliphatic hydroxyl groups is 3. The van der Waals surface area contributed by atoms with E-state index in [0.717, 1.165) is 70.8 Å². The van der Waals surface area contributed by atoms with E-state index in [4.69, 9.17) is 29.4 Å². The van der Waals surface area contributed by atoms with Crippen LogP contribution >= 0.6 is 0 Å². The molecule has 1 heterocycles. The van der Waals surface area contributed by atoms with Gasteiger partial charge in [0.25, 0.3) is 0 Å². The van der Waals surface area contributed by atoms with Gasteiger partial charge in [0.1, 0.15) is 65.7 Å². The molecule has 0 radical (unpaired) electrons. The summed E-state index contributed by atoms with van der Waals surface area (Å²) in [5.74, 6) is -1.50. The lowest BCUT2D eigenvalue weighted by atomic mass is 9.72. The zero-order valence-corrected chi connectivity index (χ0v) is 56.1. The summed E-state index contributed by atoms with van der Waals surface area (Å²) in [5.41, 5.74) is 13.8. The number of methoxy groups -OCH3 is 1. The van der Waals surface area contributed by atoms with Crippen molar-refractivity contribution in [2.24, 2.45) is 5.73 Å². The van der Waals surface area contributed by atoms with Crippen LogP contribution in [-0.2, 0) is 20.7 Å². The number of nitrogens with two attached hydrogens (primary N) is 1. The Morgan fingerprint density at radius 3 is 1.53 bits per heavy atom. The number of hydrogen-bond donors (Lipinski definition) is 8. The first-order chi connectivity index (χ1) is 46.6. The number of aromatic hydroxyl groups is 4. The van der Waals surface area contributed by atoms with Crippen molar-refractivity contribution in [1.29, 1.82) is 0 Å². The minimum atomic E-state index is -2.24. The number of carbonyl (C=O) groups is 3. The van der Waals surface area contributed by atoms with Crippen LogP contribution in [0.5, 0.6) is 40.2 Å². The van der Waals surface area contributed by atoms with Gasteiger partial charge in [0.2, 0.25) is 5.78 Å². The molecule has 2 aliphatic carbocycles. The van der Waals surface area contributed by atoms with Crippen molar-refractivity contribution in [1.82, 2.24) is 9.80 Å². The van der Waals surface area contributed by atoms with Gasteiger partial charge in [0.15, 0.2) is 17.9 Å². The van der Waals surface area contributed by atoms with Gasteiger partial charge in [-0.05, 0) is 158 Å². The lowest BCUT2D eigenvalue weighted by Gasteiger charge is -2.42. The molecule has 0 aromatic heterocycles. The lowest BCUT2D eigenvalue weighted by molar-refractivity contribution is -0.247. The Morgan fingerprint density at radius 2 is 1.08 bits per heavy atom. The number of nitrogens with zero attached hydrogens (tertiary/aromatic N) is 2. The number of benzene rings is 8. The number of ether oxygens (including phenoxy) is 5. The Hall–Kier alpha value is -9.47. The van der Waals surface area contributed by atoms with E-state index in [1.54, 1.807) is 19.1 Å². The predicted octanol–water partition coefficient (Wildman–Crippen LogP) is 11.4. The third kappa shape index (κ3) is 16.7. The van der Waals surface area contributed by atoms with Crippen LogP contribution in [-0.4, -0.2) is 161 Å². The van der Waals surface area contributed by atoms with Crippen molar-refractivity contribution in [2.75, 3.05) is 68.2 Å². The molecule has 18 nitrogen and oxygen atoms in total. The number of rotatable bonds is 21. The molecule has 0 amide bonds. The number of allylic oxidation sites excluding steroid dienone is 2. The topological polar surface area (TPSA) is 271 Å². The number of phenolic OH excluding ortho intramolecular Hbond substituents is 4. The Bertz CT molecular complexity index is 3940. The molecule has 1 saturated heterocycles. The molecule has 8 aromatic carbocycles. The van der Waals surface area contributed by atoms with E-state index in [0.29, 0.717) is 13.2 Å². The van der Waals surface area contributed by atoms with Gasteiger partial charge in [0, 0.05) is 55.1 Å². The normalized spacial score (nSPS) is 19.2. The maximum Gasteiger partial charge on any atom is 0.202 e. The van der Waals surface area contributed by atoms with Crippen LogP contribution in [0.25, 0.3) is 22.3 Å². The number of fused-ring (bicyclic) bond motifs is 3. The lowest BCUT2D eigenvalue weighted by Crippen LogP contribution is -2.53. The number of aliphatic hydroxyl groups excluding tert-OH is 2. The van der Waals surface area contributed by atoms with Gasteiger partial charge in [-0.25, -0.2) is 0 Å². The van der Waals surface area contributed by atoms with Gasteiger partial charge in [-0.2, -0.15) is 0 Å². The molecule has 0 unspecified atom stereocenters. The van der Waals surface area contributed by atoms with Gasteiger partial charge in [-0.1, -0.05) is 135 Å². The highest BCUT2D eigenvalue weighted by Crippen LogP contribution is 2.53. The second kappa shape index (κ2) is 32.5. The average molecular weight is 1320 g/mol. The molecule has 8 aromatic rings. The molecule has 1 aliphatic heterocycles. The van der Waals surface area contributed by atoms with Crippen LogP contribution in [0.1, 0.15) is 129 Å². The third-order valence-corrected chi connectivity index (χ3v) is 17.5. The average Bonchev–Trinajstić information content (AvgIpc) is 0.712. The Morgan fingerprint density at radius 1 is 0.608 bits per heavy atom. The van der Waals surface area contributed by atoms with Gasteiger partial charge >= 0.3 is 0 Å². The number of carbonyl (C=O) groups excluding carboxylic acids is 3. The van der Waals surface area contributed by atoms with Crippen molar-refractivity contribution in [2.45, 2.75) is 89.1 Å². The molecule has 508 valence electrons. The largest absolute Gasteiger partial charge is 0.508 e. The van der Waals surface area contributed by atoms with E-state index in [1.807, 2.05) is 88.9 Å². The van der Waals surface area contributed by atoms with E-state index < -0.39 is 95.7 Å². The van der Waals surface area contributed by atoms with E-state index in [-0.39, 0.29) is 45.9 Å². The highest BCUT2D eigenvalue weighted by Gasteiger charge is 2.50. The monoisotopic (exact) mass is 1320 g/mol. The fourth-order valence-corrected chi connectivity index (χ4v) is 12.6. The molecule has 3 aliphatic rings. The van der Waals surface area contributed by atoms with Gasteiger partial charge in [-0.3, -0.25) is 14.4 Å². The highest BCUT2D eigenvalue weighted by atomic mass is 16.7. The molecule has 1 fully saturated rings. The van der Waals surface area contributed by atoms with Crippen LogP contribution in [0.2, 0.25) is 0 Å². The van der Waals surface area contributed by atoms with Crippen LogP contribution in [0.3, 0.4) is 0 Å².